The minimum Gasteiger partial charge on any atom is -0.449 e. The lowest BCUT2D eigenvalue weighted by atomic mass is 10.0. The number of fused-ring (bicyclic) bond motifs is 1. The third-order valence-corrected chi connectivity index (χ3v) is 3.68. The Morgan fingerprint density at radius 1 is 1.53 bits per heavy atom. The minimum absolute atomic E-state index is 0.154. The highest BCUT2D eigenvalue weighted by molar-refractivity contribution is 9.10. The molecule has 78 valence electrons. The van der Waals surface area contributed by atoms with Crippen molar-refractivity contribution in [2.45, 2.75) is 12.0 Å². The van der Waals surface area contributed by atoms with Crippen LogP contribution >= 0.6 is 15.9 Å². The summed E-state index contributed by atoms with van der Waals surface area (Å²) in [6, 6.07) is 8.09. The Balaban J connectivity index is 1.97. The van der Waals surface area contributed by atoms with Gasteiger partial charge in [-0.05, 0) is 24.1 Å². The first-order valence-electron chi connectivity index (χ1n) is 4.92. The van der Waals surface area contributed by atoms with Crippen LogP contribution in [0.15, 0.2) is 28.7 Å². The predicted octanol–water partition coefficient (Wildman–Crippen LogP) is 2.40. The van der Waals surface area contributed by atoms with Gasteiger partial charge in [0, 0.05) is 10.4 Å². The molecule has 0 aromatic heterocycles. The number of benzene rings is 1. The number of alkyl carbamates (subject to hydrolysis) is 1. The molecule has 0 spiro atoms. The van der Waals surface area contributed by atoms with E-state index < -0.39 is 0 Å². The van der Waals surface area contributed by atoms with Crippen LogP contribution in [0.5, 0.6) is 0 Å². The van der Waals surface area contributed by atoms with Gasteiger partial charge < -0.3 is 10.1 Å². The molecule has 1 saturated carbocycles. The van der Waals surface area contributed by atoms with E-state index in [2.05, 4.69) is 33.4 Å². The molecule has 1 heterocycles. The average Bonchev–Trinajstić information content (AvgIpc) is 2.92. The van der Waals surface area contributed by atoms with Crippen LogP contribution in [0.3, 0.4) is 0 Å². The summed E-state index contributed by atoms with van der Waals surface area (Å²) in [4.78, 5) is 11.2. The number of cyclic esters (lactones) is 1. The maximum Gasteiger partial charge on any atom is 0.407 e. The molecule has 1 aromatic carbocycles. The van der Waals surface area contributed by atoms with Crippen LogP contribution in [0.2, 0.25) is 0 Å². The molecule has 0 unspecified atom stereocenters. The van der Waals surface area contributed by atoms with Crippen molar-refractivity contribution in [1.29, 1.82) is 0 Å². The molecule has 1 N–H and O–H groups in total. The minimum atomic E-state index is -0.302. The summed E-state index contributed by atoms with van der Waals surface area (Å²) >= 11 is 3.44. The van der Waals surface area contributed by atoms with E-state index in [1.54, 1.807) is 0 Å². The number of halogens is 1. The zero-order valence-corrected chi connectivity index (χ0v) is 9.58. The van der Waals surface area contributed by atoms with Crippen LogP contribution in [0.1, 0.15) is 12.0 Å². The number of amides is 1. The van der Waals surface area contributed by atoms with E-state index in [1.807, 2.05) is 12.1 Å². The van der Waals surface area contributed by atoms with Gasteiger partial charge in [0.15, 0.2) is 0 Å². The zero-order valence-electron chi connectivity index (χ0n) is 8.00. The van der Waals surface area contributed by atoms with Crippen LogP contribution in [0.25, 0.3) is 0 Å². The second-order valence-electron chi connectivity index (χ2n) is 4.11. The molecule has 1 aliphatic heterocycles. The van der Waals surface area contributed by atoms with Crippen molar-refractivity contribution in [3.8, 4) is 0 Å². The first-order valence-corrected chi connectivity index (χ1v) is 5.71. The van der Waals surface area contributed by atoms with Gasteiger partial charge in [-0.2, -0.15) is 0 Å². The van der Waals surface area contributed by atoms with Gasteiger partial charge in [-0.1, -0.05) is 28.1 Å². The molecular weight excluding hydrogens is 258 g/mol. The zero-order chi connectivity index (χ0) is 10.5. The van der Waals surface area contributed by atoms with Crippen molar-refractivity contribution < 1.29 is 9.53 Å². The summed E-state index contributed by atoms with van der Waals surface area (Å²) in [5.41, 5.74) is 1.01. The van der Waals surface area contributed by atoms with E-state index >= 15 is 0 Å². The fraction of sp³-hybridized carbons (Fsp3) is 0.364. The number of carbonyl (C=O) groups is 1. The Hall–Kier alpha value is -1.03. The smallest absolute Gasteiger partial charge is 0.407 e. The summed E-state index contributed by atoms with van der Waals surface area (Å²) in [5.74, 6) is 0.435. The van der Waals surface area contributed by atoms with E-state index in [4.69, 9.17) is 4.74 Å². The molecule has 0 radical (unpaired) electrons. The Kier molecular flexibility index (Phi) is 1.83. The third-order valence-electron chi connectivity index (χ3n) is 3.19. The molecule has 3 rings (SSSR count). The van der Waals surface area contributed by atoms with Gasteiger partial charge in [0.25, 0.3) is 0 Å². The van der Waals surface area contributed by atoms with Gasteiger partial charge in [0.05, 0.1) is 12.1 Å². The van der Waals surface area contributed by atoms with Crippen molar-refractivity contribution >= 4 is 22.0 Å². The normalized spacial score (nSPS) is 32.6. The highest BCUT2D eigenvalue weighted by Crippen LogP contribution is 2.54. The number of hydrogen-bond acceptors (Lipinski definition) is 2. The largest absolute Gasteiger partial charge is 0.449 e. The SMILES string of the molecule is O=C1N[C@@]2(c3cccc(Br)c3)C[C@H]2CO1. The molecule has 2 atom stereocenters. The van der Waals surface area contributed by atoms with Gasteiger partial charge in [-0.15, -0.1) is 0 Å². The Morgan fingerprint density at radius 3 is 3.20 bits per heavy atom. The topological polar surface area (TPSA) is 38.3 Å². The van der Waals surface area contributed by atoms with Gasteiger partial charge >= 0.3 is 6.09 Å². The first kappa shape index (κ1) is 9.21. The van der Waals surface area contributed by atoms with Crippen LogP contribution in [0, 0.1) is 5.92 Å². The van der Waals surface area contributed by atoms with Crippen molar-refractivity contribution in [3.63, 3.8) is 0 Å². The number of nitrogens with one attached hydrogen (secondary N) is 1. The van der Waals surface area contributed by atoms with E-state index in [9.17, 15) is 4.79 Å². The highest BCUT2D eigenvalue weighted by Gasteiger charge is 2.59. The first-order chi connectivity index (χ1) is 7.21. The summed E-state index contributed by atoms with van der Waals surface area (Å²) in [7, 11) is 0. The Morgan fingerprint density at radius 2 is 2.40 bits per heavy atom. The number of carbonyl (C=O) groups excluding carboxylic acids is 1. The van der Waals surface area contributed by atoms with Crippen molar-refractivity contribution in [2.75, 3.05) is 6.61 Å². The second kappa shape index (κ2) is 2.98. The second-order valence-corrected chi connectivity index (χ2v) is 5.02. The monoisotopic (exact) mass is 267 g/mol. The van der Waals surface area contributed by atoms with Gasteiger partial charge in [-0.25, -0.2) is 4.79 Å². The maximum absolute atomic E-state index is 11.2. The molecule has 1 amide bonds. The summed E-state index contributed by atoms with van der Waals surface area (Å²) in [6.45, 7) is 0.540. The van der Waals surface area contributed by atoms with E-state index in [0.29, 0.717) is 12.5 Å². The Labute approximate surface area is 95.9 Å². The van der Waals surface area contributed by atoms with Crippen molar-refractivity contribution in [2.24, 2.45) is 5.92 Å². The molecule has 1 saturated heterocycles. The standard InChI is InChI=1S/C11H10BrNO2/c12-9-3-1-2-7(4-9)11-5-8(11)6-15-10(14)13-11/h1-4,8H,5-6H2,(H,13,14)/t8-,11+/m0/s1. The predicted molar refractivity (Wildman–Crippen MR) is 58.4 cm³/mol. The van der Waals surface area contributed by atoms with E-state index in [1.165, 1.54) is 5.56 Å². The van der Waals surface area contributed by atoms with Crippen LogP contribution in [-0.2, 0) is 10.3 Å². The van der Waals surface area contributed by atoms with Crippen LogP contribution < -0.4 is 5.32 Å². The Bertz CT molecular complexity index is 434. The maximum atomic E-state index is 11.2. The lowest BCUT2D eigenvalue weighted by Crippen LogP contribution is -2.41. The fourth-order valence-electron chi connectivity index (χ4n) is 2.27. The molecule has 2 fully saturated rings. The average molecular weight is 268 g/mol. The number of ether oxygens (including phenoxy) is 1. The molecule has 3 nitrogen and oxygen atoms in total. The quantitative estimate of drug-likeness (QED) is 0.849. The summed E-state index contributed by atoms with van der Waals surface area (Å²) in [6.07, 6.45) is 0.679. The van der Waals surface area contributed by atoms with Gasteiger partial charge in [0.1, 0.15) is 0 Å². The number of rotatable bonds is 1. The van der Waals surface area contributed by atoms with Crippen molar-refractivity contribution in [3.05, 3.63) is 34.3 Å². The van der Waals surface area contributed by atoms with Crippen molar-refractivity contribution in [1.82, 2.24) is 5.32 Å². The van der Waals surface area contributed by atoms with Gasteiger partial charge in [-0.3, -0.25) is 0 Å². The van der Waals surface area contributed by atoms with Gasteiger partial charge in [0.2, 0.25) is 0 Å². The molecular formula is C11H10BrNO2. The molecule has 1 aliphatic carbocycles. The highest BCUT2D eigenvalue weighted by atomic mass is 79.9. The van der Waals surface area contributed by atoms with Crippen LogP contribution in [-0.4, -0.2) is 12.7 Å². The molecule has 2 aliphatic rings. The number of hydrogen-bond donors (Lipinski definition) is 1. The molecule has 4 heteroatoms. The molecule has 1 aromatic rings. The van der Waals surface area contributed by atoms with Crippen LogP contribution in [0.4, 0.5) is 4.79 Å². The van der Waals surface area contributed by atoms with E-state index in [0.717, 1.165) is 10.9 Å². The lowest BCUT2D eigenvalue weighted by Gasteiger charge is -2.24. The summed E-state index contributed by atoms with van der Waals surface area (Å²) < 4.78 is 5.99. The lowest BCUT2D eigenvalue weighted by molar-refractivity contribution is 0.112. The fourth-order valence-corrected chi connectivity index (χ4v) is 2.67. The third kappa shape index (κ3) is 1.35. The van der Waals surface area contributed by atoms with E-state index in [-0.39, 0.29) is 11.6 Å². The molecule has 15 heavy (non-hydrogen) atoms. The summed E-state index contributed by atoms with van der Waals surface area (Å²) in [5, 5.41) is 2.93. The molecule has 0 bridgehead atoms.